The van der Waals surface area contributed by atoms with Crippen molar-refractivity contribution in [3.63, 3.8) is 0 Å². The van der Waals surface area contributed by atoms with E-state index < -0.39 is 11.7 Å². The van der Waals surface area contributed by atoms with Crippen molar-refractivity contribution >= 4 is 39.2 Å². The minimum atomic E-state index is -2.90. The molecule has 0 amide bonds. The Morgan fingerprint density at radius 2 is 1.60 bits per heavy atom. The molecule has 84 valence electrons. The molecule has 15 heavy (non-hydrogen) atoms. The lowest BCUT2D eigenvalue weighted by atomic mass is 10.2. The van der Waals surface area contributed by atoms with Crippen molar-refractivity contribution in [1.82, 2.24) is 0 Å². The minimum absolute atomic E-state index is 0.0401. The number of rotatable bonds is 4. The fourth-order valence-electron chi connectivity index (χ4n) is 1.24. The number of ether oxygens (including phenoxy) is 1. The van der Waals surface area contributed by atoms with Crippen molar-refractivity contribution in [2.24, 2.45) is 0 Å². The Kier molecular flexibility index (Phi) is 4.93. The second kappa shape index (κ2) is 5.55. The standard InChI is InChI=1S/C10H13Cl3OSi/c1-8(2)14-10(15(11,12)13)9-6-4-3-5-7-9/h3-8,10H,1-2H3. The van der Waals surface area contributed by atoms with Crippen molar-refractivity contribution in [3.8, 4) is 0 Å². The zero-order valence-corrected chi connectivity index (χ0v) is 11.9. The molecule has 1 atom stereocenters. The summed E-state index contributed by atoms with van der Waals surface area (Å²) >= 11 is 18.1. The Morgan fingerprint density at radius 1 is 1.07 bits per heavy atom. The molecule has 1 unspecified atom stereocenters. The first-order valence-corrected chi connectivity index (χ1v) is 9.79. The van der Waals surface area contributed by atoms with Crippen LogP contribution in [0.15, 0.2) is 30.3 Å². The van der Waals surface area contributed by atoms with Gasteiger partial charge in [-0.05, 0) is 19.4 Å². The van der Waals surface area contributed by atoms with Gasteiger partial charge in [0.1, 0.15) is 5.73 Å². The van der Waals surface area contributed by atoms with Gasteiger partial charge in [0.15, 0.2) is 0 Å². The first-order chi connectivity index (χ1) is 6.91. The molecule has 0 aliphatic carbocycles. The summed E-state index contributed by atoms with van der Waals surface area (Å²) in [5.41, 5.74) is 0.529. The van der Waals surface area contributed by atoms with Gasteiger partial charge in [0.2, 0.25) is 0 Å². The Bertz CT molecular complexity index is 297. The quantitative estimate of drug-likeness (QED) is 0.590. The highest BCUT2D eigenvalue weighted by atomic mass is 35.8. The summed E-state index contributed by atoms with van der Waals surface area (Å²) in [6.07, 6.45) is 0.0401. The summed E-state index contributed by atoms with van der Waals surface area (Å²) in [4.78, 5) is 0. The van der Waals surface area contributed by atoms with Crippen LogP contribution in [-0.4, -0.2) is 12.1 Å². The smallest absolute Gasteiger partial charge is 0.370 e. The van der Waals surface area contributed by atoms with Gasteiger partial charge in [-0.25, -0.2) is 0 Å². The van der Waals surface area contributed by atoms with Crippen LogP contribution in [0.1, 0.15) is 25.1 Å². The molecule has 0 fully saturated rings. The van der Waals surface area contributed by atoms with E-state index in [0.717, 1.165) is 5.56 Å². The molecule has 0 saturated heterocycles. The highest BCUT2D eigenvalue weighted by molar-refractivity contribution is 7.65. The van der Waals surface area contributed by atoms with Gasteiger partial charge in [0.25, 0.3) is 0 Å². The maximum atomic E-state index is 6.02. The average molecular weight is 284 g/mol. The van der Waals surface area contributed by atoms with Crippen molar-refractivity contribution < 1.29 is 4.74 Å². The van der Waals surface area contributed by atoms with Gasteiger partial charge in [-0.2, -0.15) is 0 Å². The molecule has 1 aromatic rings. The van der Waals surface area contributed by atoms with E-state index in [1.54, 1.807) is 0 Å². The van der Waals surface area contributed by atoms with Crippen LogP contribution < -0.4 is 0 Å². The minimum Gasteiger partial charge on any atom is -0.370 e. The maximum Gasteiger partial charge on any atom is 0.373 e. The average Bonchev–Trinajstić information content (AvgIpc) is 2.14. The first-order valence-electron chi connectivity index (χ1n) is 4.68. The monoisotopic (exact) mass is 282 g/mol. The zero-order valence-electron chi connectivity index (χ0n) is 8.58. The molecular formula is C10H13Cl3OSi. The van der Waals surface area contributed by atoms with Gasteiger partial charge in [0.05, 0.1) is 6.10 Å². The molecule has 0 bridgehead atoms. The van der Waals surface area contributed by atoms with Crippen LogP contribution in [0.25, 0.3) is 0 Å². The third-order valence-corrected chi connectivity index (χ3v) is 4.66. The fourth-order valence-corrected chi connectivity index (χ4v) is 3.84. The van der Waals surface area contributed by atoms with E-state index in [9.17, 15) is 0 Å². The van der Waals surface area contributed by atoms with Gasteiger partial charge >= 0.3 is 6.00 Å². The summed E-state index contributed by atoms with van der Waals surface area (Å²) in [6, 6.07) is 6.69. The predicted molar refractivity (Wildman–Crippen MR) is 68.7 cm³/mol. The van der Waals surface area contributed by atoms with Crippen LogP contribution in [0.2, 0.25) is 0 Å². The summed E-state index contributed by atoms with van der Waals surface area (Å²) in [6.45, 7) is 3.86. The number of hydrogen-bond acceptors (Lipinski definition) is 1. The van der Waals surface area contributed by atoms with Crippen LogP contribution in [0.5, 0.6) is 0 Å². The van der Waals surface area contributed by atoms with Crippen molar-refractivity contribution in [2.45, 2.75) is 25.7 Å². The van der Waals surface area contributed by atoms with Crippen LogP contribution in [0.3, 0.4) is 0 Å². The van der Waals surface area contributed by atoms with E-state index in [0.29, 0.717) is 0 Å². The van der Waals surface area contributed by atoms with Crippen LogP contribution in [-0.2, 0) is 4.74 Å². The largest absolute Gasteiger partial charge is 0.373 e. The number of hydrogen-bond donors (Lipinski definition) is 0. The topological polar surface area (TPSA) is 9.23 Å². The van der Waals surface area contributed by atoms with Gasteiger partial charge in [-0.15, -0.1) is 33.2 Å². The lowest BCUT2D eigenvalue weighted by molar-refractivity contribution is 0.0516. The normalized spacial score (nSPS) is 14.3. The Labute approximate surface area is 105 Å². The van der Waals surface area contributed by atoms with Crippen LogP contribution >= 0.6 is 33.2 Å². The molecule has 1 rings (SSSR count). The van der Waals surface area contributed by atoms with E-state index in [1.807, 2.05) is 44.2 Å². The Hall–Kier alpha value is 0.267. The predicted octanol–water partition coefficient (Wildman–Crippen LogP) is 4.35. The second-order valence-corrected chi connectivity index (χ2v) is 12.2. The van der Waals surface area contributed by atoms with E-state index in [1.165, 1.54) is 0 Å². The lowest BCUT2D eigenvalue weighted by Gasteiger charge is -2.25. The van der Waals surface area contributed by atoms with E-state index in [2.05, 4.69) is 0 Å². The third kappa shape index (κ3) is 4.33. The second-order valence-electron chi connectivity index (χ2n) is 3.52. The highest BCUT2D eigenvalue weighted by Crippen LogP contribution is 2.38. The molecule has 0 spiro atoms. The van der Waals surface area contributed by atoms with E-state index >= 15 is 0 Å². The summed E-state index contributed by atoms with van der Waals surface area (Å²) < 4.78 is 5.67. The zero-order chi connectivity index (χ0) is 11.5. The number of benzene rings is 1. The molecule has 5 heteroatoms. The third-order valence-electron chi connectivity index (χ3n) is 1.81. The van der Waals surface area contributed by atoms with E-state index in [4.69, 9.17) is 38.0 Å². The van der Waals surface area contributed by atoms with Gasteiger partial charge < -0.3 is 4.74 Å². The Balaban J connectivity index is 2.92. The molecule has 0 N–H and O–H groups in total. The number of halogens is 3. The van der Waals surface area contributed by atoms with Gasteiger partial charge in [0, 0.05) is 0 Å². The van der Waals surface area contributed by atoms with Gasteiger partial charge in [-0.1, -0.05) is 30.3 Å². The van der Waals surface area contributed by atoms with Crippen molar-refractivity contribution in [3.05, 3.63) is 35.9 Å². The molecule has 0 radical (unpaired) electrons. The maximum absolute atomic E-state index is 6.02. The van der Waals surface area contributed by atoms with Crippen LogP contribution in [0, 0.1) is 0 Å². The summed E-state index contributed by atoms with van der Waals surface area (Å²) in [5.74, 6) is 0. The van der Waals surface area contributed by atoms with Crippen molar-refractivity contribution in [1.29, 1.82) is 0 Å². The SMILES string of the molecule is CC(C)OC(c1ccccc1)[Si](Cl)(Cl)Cl. The molecule has 1 nitrogen and oxygen atoms in total. The first kappa shape index (κ1) is 13.3. The summed E-state index contributed by atoms with van der Waals surface area (Å²) in [5, 5.41) is 0. The molecule has 1 aromatic carbocycles. The summed E-state index contributed by atoms with van der Waals surface area (Å²) in [7, 11) is 0. The molecule has 0 heterocycles. The van der Waals surface area contributed by atoms with E-state index in [-0.39, 0.29) is 6.10 Å². The lowest BCUT2D eigenvalue weighted by Crippen LogP contribution is -2.28. The molecule has 0 aliphatic heterocycles. The van der Waals surface area contributed by atoms with Gasteiger partial charge in [-0.3, -0.25) is 0 Å². The molecule has 0 aliphatic rings. The molecule has 0 aromatic heterocycles. The van der Waals surface area contributed by atoms with Crippen molar-refractivity contribution in [2.75, 3.05) is 0 Å². The Morgan fingerprint density at radius 3 is 2.00 bits per heavy atom. The molecule has 0 saturated carbocycles. The fraction of sp³-hybridized carbons (Fsp3) is 0.400. The van der Waals surface area contributed by atoms with Crippen LogP contribution in [0.4, 0.5) is 0 Å². The highest BCUT2D eigenvalue weighted by Gasteiger charge is 2.39. The molecular weight excluding hydrogens is 271 g/mol.